The molecule has 4 rings (SSSR count). The van der Waals surface area contributed by atoms with E-state index in [4.69, 9.17) is 0 Å². The first-order valence-corrected chi connectivity index (χ1v) is 14.8. The van der Waals surface area contributed by atoms with Crippen molar-refractivity contribution in [2.75, 3.05) is 0 Å². The van der Waals surface area contributed by atoms with E-state index in [0.29, 0.717) is 48.9 Å². The molecule has 0 saturated heterocycles. The van der Waals surface area contributed by atoms with Crippen LogP contribution < -0.4 is 0 Å². The molecule has 4 aliphatic rings. The average molecular weight is 503 g/mol. The van der Waals surface area contributed by atoms with Gasteiger partial charge in [0, 0.05) is 5.92 Å². The molecule has 11 unspecified atom stereocenters. The van der Waals surface area contributed by atoms with Gasteiger partial charge in [0.15, 0.2) is 0 Å². The molecule has 0 amide bonds. The van der Waals surface area contributed by atoms with Gasteiger partial charge in [-0.25, -0.2) is 0 Å². The van der Waals surface area contributed by atoms with Crippen LogP contribution >= 0.6 is 0 Å². The lowest BCUT2D eigenvalue weighted by Gasteiger charge is -2.69. The number of aliphatic hydroxyl groups excluding tert-OH is 2. The van der Waals surface area contributed by atoms with Gasteiger partial charge in [-0.2, -0.15) is 0 Å². The summed E-state index contributed by atoms with van der Waals surface area (Å²) < 4.78 is 0. The van der Waals surface area contributed by atoms with Crippen LogP contribution in [-0.2, 0) is 4.79 Å². The first-order chi connectivity index (χ1) is 16.5. The first kappa shape index (κ1) is 28.1. The molecular formula is C32H54O4. The Morgan fingerprint density at radius 2 is 1.67 bits per heavy atom. The van der Waals surface area contributed by atoms with Crippen molar-refractivity contribution in [2.24, 2.45) is 63.1 Å². The number of fused-ring (bicyclic) bond motifs is 5. The van der Waals surface area contributed by atoms with Crippen LogP contribution in [0.25, 0.3) is 0 Å². The summed E-state index contributed by atoms with van der Waals surface area (Å²) >= 11 is 0. The van der Waals surface area contributed by atoms with Crippen molar-refractivity contribution in [3.8, 4) is 0 Å². The molecule has 0 radical (unpaired) electrons. The molecule has 4 heteroatoms. The Kier molecular flexibility index (Phi) is 7.12. The van der Waals surface area contributed by atoms with E-state index in [1.807, 2.05) is 0 Å². The minimum atomic E-state index is -0.755. The van der Waals surface area contributed by atoms with E-state index < -0.39 is 18.0 Å². The lowest BCUT2D eigenvalue weighted by atomic mass is 9.36. The number of carbonyl (C=O) groups is 1. The Balaban J connectivity index is 1.69. The summed E-state index contributed by atoms with van der Waals surface area (Å²) in [6.07, 6.45) is 6.33. The van der Waals surface area contributed by atoms with Crippen molar-refractivity contribution in [3.63, 3.8) is 0 Å². The molecule has 0 heterocycles. The number of allylic oxidation sites excluding steroid dienone is 1. The second kappa shape index (κ2) is 9.11. The maximum Gasteiger partial charge on any atom is 0.306 e. The van der Waals surface area contributed by atoms with E-state index in [1.165, 1.54) is 0 Å². The SMILES string of the molecule is C=C(CCC(C(=O)O)C1C(O)CC2(C)C3C(C)CC4C(C)(C)C(O)CCC4(C)C3CCC12C)C(C)C. The molecule has 11 atom stereocenters. The van der Waals surface area contributed by atoms with Crippen LogP contribution in [-0.4, -0.2) is 33.5 Å². The number of rotatable bonds is 6. The second-order valence-corrected chi connectivity index (χ2v) is 15.2. The van der Waals surface area contributed by atoms with E-state index in [2.05, 4.69) is 62.0 Å². The maximum absolute atomic E-state index is 12.7. The molecule has 4 saturated carbocycles. The van der Waals surface area contributed by atoms with Crippen molar-refractivity contribution < 1.29 is 20.1 Å². The zero-order chi connectivity index (χ0) is 27.0. The third kappa shape index (κ3) is 3.86. The third-order valence-corrected chi connectivity index (χ3v) is 13.2. The fraction of sp³-hybridized carbons (Fsp3) is 0.906. The smallest absolute Gasteiger partial charge is 0.306 e. The number of aliphatic carboxylic acids is 1. The monoisotopic (exact) mass is 502 g/mol. The highest BCUT2D eigenvalue weighted by Crippen LogP contribution is 2.75. The molecule has 0 aromatic heterocycles. The van der Waals surface area contributed by atoms with Gasteiger partial charge in [-0.05, 0) is 103 Å². The molecule has 4 aliphatic carbocycles. The third-order valence-electron chi connectivity index (χ3n) is 13.2. The van der Waals surface area contributed by atoms with Gasteiger partial charge in [-0.15, -0.1) is 0 Å². The average Bonchev–Trinajstić information content (AvgIpc) is 2.98. The van der Waals surface area contributed by atoms with Crippen molar-refractivity contribution in [1.82, 2.24) is 0 Å². The highest BCUT2D eigenvalue weighted by atomic mass is 16.4. The van der Waals surface area contributed by atoms with E-state index >= 15 is 0 Å². The van der Waals surface area contributed by atoms with Crippen LogP contribution in [0.2, 0.25) is 0 Å². The molecule has 0 aliphatic heterocycles. The molecular weight excluding hydrogens is 448 g/mol. The van der Waals surface area contributed by atoms with Gasteiger partial charge in [0.1, 0.15) is 0 Å². The van der Waals surface area contributed by atoms with Crippen LogP contribution in [0.15, 0.2) is 12.2 Å². The number of aliphatic hydroxyl groups is 2. The maximum atomic E-state index is 12.7. The van der Waals surface area contributed by atoms with E-state index in [1.54, 1.807) is 0 Å². The van der Waals surface area contributed by atoms with Gasteiger partial charge < -0.3 is 15.3 Å². The summed E-state index contributed by atoms with van der Waals surface area (Å²) in [6, 6.07) is 0. The standard InChI is InChI=1S/C32H54O4/c1-18(2)19(3)10-11-21(28(35)36)27-23(33)17-32(9)26-20(4)16-24-29(5,6)25(34)13-14-30(24,7)22(26)12-15-31(27,32)8/h18,20-27,33-34H,3,10-17H2,1-2,4-9H3,(H,35,36). The van der Waals surface area contributed by atoms with Crippen LogP contribution in [0.1, 0.15) is 107 Å². The molecule has 0 aromatic rings. The van der Waals surface area contributed by atoms with Crippen LogP contribution in [0.4, 0.5) is 0 Å². The quantitative estimate of drug-likeness (QED) is 0.344. The Labute approximate surface area is 220 Å². The van der Waals surface area contributed by atoms with Crippen LogP contribution in [0.3, 0.4) is 0 Å². The Morgan fingerprint density at radius 3 is 2.25 bits per heavy atom. The largest absolute Gasteiger partial charge is 0.481 e. The summed E-state index contributed by atoms with van der Waals surface area (Å²) in [4.78, 5) is 12.7. The van der Waals surface area contributed by atoms with Crippen LogP contribution in [0.5, 0.6) is 0 Å². The van der Waals surface area contributed by atoms with E-state index in [9.17, 15) is 20.1 Å². The van der Waals surface area contributed by atoms with Gasteiger partial charge in [-0.1, -0.05) is 67.5 Å². The molecule has 206 valence electrons. The van der Waals surface area contributed by atoms with E-state index in [-0.39, 0.29) is 33.7 Å². The first-order valence-electron chi connectivity index (χ1n) is 14.8. The lowest BCUT2D eigenvalue weighted by Crippen LogP contribution is -2.63. The Hall–Kier alpha value is -0.870. The van der Waals surface area contributed by atoms with Crippen molar-refractivity contribution in [1.29, 1.82) is 0 Å². The molecule has 0 aromatic carbocycles. The summed E-state index contributed by atoms with van der Waals surface area (Å²) in [5.41, 5.74) is 0.924. The summed E-state index contributed by atoms with van der Waals surface area (Å²) in [7, 11) is 0. The Bertz CT molecular complexity index is 877. The zero-order valence-electron chi connectivity index (χ0n) is 24.3. The summed E-state index contributed by atoms with van der Waals surface area (Å²) in [6.45, 7) is 22.6. The van der Waals surface area contributed by atoms with Gasteiger partial charge in [0.2, 0.25) is 0 Å². The minimum absolute atomic E-state index is 0.0845. The van der Waals surface area contributed by atoms with E-state index in [0.717, 1.165) is 37.7 Å². The van der Waals surface area contributed by atoms with Gasteiger partial charge in [0.05, 0.1) is 18.1 Å². The fourth-order valence-electron chi connectivity index (χ4n) is 10.8. The molecule has 0 spiro atoms. The summed E-state index contributed by atoms with van der Waals surface area (Å²) in [5.74, 6) is 0.864. The summed E-state index contributed by atoms with van der Waals surface area (Å²) in [5, 5.41) is 32.9. The van der Waals surface area contributed by atoms with Gasteiger partial charge in [-0.3, -0.25) is 4.79 Å². The highest BCUT2D eigenvalue weighted by Gasteiger charge is 2.71. The molecule has 0 bridgehead atoms. The molecule has 4 fully saturated rings. The minimum Gasteiger partial charge on any atom is -0.481 e. The lowest BCUT2D eigenvalue weighted by molar-refractivity contribution is -0.218. The second-order valence-electron chi connectivity index (χ2n) is 15.2. The topological polar surface area (TPSA) is 77.8 Å². The van der Waals surface area contributed by atoms with Crippen molar-refractivity contribution >= 4 is 5.97 Å². The molecule has 36 heavy (non-hydrogen) atoms. The van der Waals surface area contributed by atoms with Crippen LogP contribution in [0, 0.1) is 63.1 Å². The van der Waals surface area contributed by atoms with Crippen molar-refractivity contribution in [2.45, 2.75) is 119 Å². The Morgan fingerprint density at radius 1 is 1.03 bits per heavy atom. The van der Waals surface area contributed by atoms with Gasteiger partial charge in [0.25, 0.3) is 0 Å². The number of carboxylic acids is 1. The molecule has 3 N–H and O–H groups in total. The highest BCUT2D eigenvalue weighted by molar-refractivity contribution is 5.71. The van der Waals surface area contributed by atoms with Gasteiger partial charge >= 0.3 is 5.97 Å². The fourth-order valence-corrected chi connectivity index (χ4v) is 10.8. The number of hydrogen-bond acceptors (Lipinski definition) is 3. The number of carboxylic acid groups (broad SMARTS) is 1. The van der Waals surface area contributed by atoms with Crippen molar-refractivity contribution in [3.05, 3.63) is 12.2 Å². The normalized spacial score (nSPS) is 48.6. The zero-order valence-corrected chi connectivity index (χ0v) is 24.3. The predicted octanol–water partition coefficient (Wildman–Crippen LogP) is 6.94. The number of hydrogen-bond donors (Lipinski definition) is 3. The molecule has 4 nitrogen and oxygen atoms in total. The predicted molar refractivity (Wildman–Crippen MR) is 145 cm³/mol.